The van der Waals surface area contributed by atoms with Gasteiger partial charge in [-0.1, -0.05) is 27.3 Å². The molecule has 0 fully saturated rings. The number of benzene rings is 2. The molecule has 228 valence electrons. The van der Waals surface area contributed by atoms with Crippen molar-refractivity contribution in [1.29, 1.82) is 0 Å². The number of carboxylic acid groups (broad SMARTS) is 1. The zero-order chi connectivity index (χ0) is 31.9. The topological polar surface area (TPSA) is 121 Å². The predicted molar refractivity (Wildman–Crippen MR) is 170 cm³/mol. The number of methoxy groups -OCH3 is 2. The number of ether oxygens (including phenoxy) is 3. The highest BCUT2D eigenvalue weighted by Gasteiger charge is 2.35. The molecule has 0 spiro atoms. The van der Waals surface area contributed by atoms with Crippen LogP contribution in [0.5, 0.6) is 11.5 Å². The molecule has 10 nitrogen and oxygen atoms in total. The number of carboxylic acids is 1. The van der Waals surface area contributed by atoms with Crippen LogP contribution in [0.2, 0.25) is 0 Å². The zero-order valence-electron chi connectivity index (χ0n) is 24.9. The van der Waals surface area contributed by atoms with E-state index in [1.54, 1.807) is 50.2 Å². The molecule has 3 heterocycles. The summed E-state index contributed by atoms with van der Waals surface area (Å²) >= 11 is 4.85. The summed E-state index contributed by atoms with van der Waals surface area (Å²) in [5, 5.41) is 9.27. The van der Waals surface area contributed by atoms with Crippen LogP contribution in [0, 0.1) is 13.8 Å². The molecule has 2 aromatic carbocycles. The molecule has 1 aliphatic rings. The van der Waals surface area contributed by atoms with Crippen LogP contribution in [0.3, 0.4) is 0 Å². The average molecular weight is 681 g/mol. The molecular weight excluding hydrogens is 650 g/mol. The van der Waals surface area contributed by atoms with E-state index in [1.165, 1.54) is 30.1 Å². The summed E-state index contributed by atoms with van der Waals surface area (Å²) in [5.74, 6) is -0.628. The van der Waals surface area contributed by atoms with E-state index in [2.05, 4.69) is 20.9 Å². The number of hydrogen-bond donors (Lipinski definition) is 1. The summed E-state index contributed by atoms with van der Waals surface area (Å²) in [6, 6.07) is 11.2. The molecule has 44 heavy (non-hydrogen) atoms. The van der Waals surface area contributed by atoms with Crippen LogP contribution in [0.4, 0.5) is 0 Å². The lowest BCUT2D eigenvalue weighted by molar-refractivity contribution is -0.139. The molecule has 0 bridgehead atoms. The van der Waals surface area contributed by atoms with Crippen molar-refractivity contribution in [3.8, 4) is 17.2 Å². The molecular formula is C32H30BrN3O7S. The largest absolute Gasteiger partial charge is 0.493 e. The molecule has 5 rings (SSSR count). The minimum atomic E-state index is -0.992. The summed E-state index contributed by atoms with van der Waals surface area (Å²) in [5.41, 5.74) is 4.61. The first-order valence-corrected chi connectivity index (χ1v) is 15.2. The van der Waals surface area contributed by atoms with Crippen LogP contribution in [0.25, 0.3) is 11.8 Å². The quantitative estimate of drug-likeness (QED) is 0.268. The highest BCUT2D eigenvalue weighted by atomic mass is 79.9. The van der Waals surface area contributed by atoms with Crippen LogP contribution in [0.1, 0.15) is 52.8 Å². The van der Waals surface area contributed by atoms with E-state index in [0.717, 1.165) is 22.6 Å². The fourth-order valence-corrected chi connectivity index (χ4v) is 6.97. The number of carbonyl (C=O) groups excluding carboxylic acids is 1. The second-order valence-corrected chi connectivity index (χ2v) is 11.9. The fraction of sp³-hybridized carbons (Fsp3) is 0.250. The number of aromatic carboxylic acids is 1. The molecule has 12 heteroatoms. The van der Waals surface area contributed by atoms with Gasteiger partial charge in [-0.15, -0.1) is 0 Å². The Hall–Kier alpha value is -4.42. The van der Waals surface area contributed by atoms with Gasteiger partial charge in [0.15, 0.2) is 16.3 Å². The molecule has 1 N–H and O–H groups in total. The molecule has 0 amide bonds. The lowest BCUT2D eigenvalue weighted by Crippen LogP contribution is -2.40. The fourth-order valence-electron chi connectivity index (χ4n) is 5.39. The first-order valence-electron chi connectivity index (χ1n) is 13.6. The van der Waals surface area contributed by atoms with Gasteiger partial charge in [-0.25, -0.2) is 14.6 Å². The number of thiazole rings is 1. The zero-order valence-corrected chi connectivity index (χ0v) is 27.3. The standard InChI is InChI=1S/C32H30BrN3O7S/c1-7-43-31(40)27-17(3)34-32-36(28(27)22-14-24(41-5)25(42-6)15-23(22)33)29(37)26(44-32)13-20-12-16(2)35(18(20)4)21-10-8-19(9-11-21)30(38)39/h8-15,28H,7H2,1-6H3,(H,38,39)/b26-13-/t28-/m1/s1. The maximum absolute atomic E-state index is 14.2. The van der Waals surface area contributed by atoms with Gasteiger partial charge in [0.1, 0.15) is 0 Å². The smallest absolute Gasteiger partial charge is 0.338 e. The lowest BCUT2D eigenvalue weighted by atomic mass is 9.95. The molecule has 0 saturated carbocycles. The normalized spacial score (nSPS) is 14.7. The number of allylic oxidation sites excluding steroid dienone is 1. The van der Waals surface area contributed by atoms with Gasteiger partial charge in [0.05, 0.1) is 48.2 Å². The summed E-state index contributed by atoms with van der Waals surface area (Å²) in [4.78, 5) is 43.9. The molecule has 1 aliphatic heterocycles. The number of hydrogen-bond acceptors (Lipinski definition) is 8. The van der Waals surface area contributed by atoms with Crippen LogP contribution in [0.15, 0.2) is 68.0 Å². The molecule has 0 radical (unpaired) electrons. The number of halogens is 1. The maximum Gasteiger partial charge on any atom is 0.338 e. The number of nitrogens with zero attached hydrogens (tertiary/aromatic N) is 3. The SMILES string of the molecule is CCOC(=O)C1=C(C)N=c2s/c(=C\c3cc(C)n(-c4ccc(C(=O)O)cc4)c3C)c(=O)n2[C@@H]1c1cc(OC)c(OC)cc1Br. The van der Waals surface area contributed by atoms with Crippen molar-refractivity contribution in [2.75, 3.05) is 20.8 Å². The number of fused-ring (bicyclic) bond motifs is 1. The van der Waals surface area contributed by atoms with Gasteiger partial charge >= 0.3 is 11.9 Å². The molecule has 2 aromatic heterocycles. The molecule has 0 aliphatic carbocycles. The number of carbonyl (C=O) groups is 2. The van der Waals surface area contributed by atoms with Crippen molar-refractivity contribution in [2.45, 2.75) is 33.7 Å². The van der Waals surface area contributed by atoms with Gasteiger partial charge in [-0.2, -0.15) is 0 Å². The van der Waals surface area contributed by atoms with Crippen molar-refractivity contribution in [2.24, 2.45) is 4.99 Å². The third-order valence-electron chi connectivity index (χ3n) is 7.44. The third-order valence-corrected chi connectivity index (χ3v) is 9.11. The van der Waals surface area contributed by atoms with E-state index >= 15 is 0 Å². The summed E-state index contributed by atoms with van der Waals surface area (Å²) in [7, 11) is 3.05. The summed E-state index contributed by atoms with van der Waals surface area (Å²) in [6.07, 6.45) is 1.82. The van der Waals surface area contributed by atoms with E-state index in [-0.39, 0.29) is 23.3 Å². The Bertz CT molecular complexity index is 2020. The van der Waals surface area contributed by atoms with Crippen molar-refractivity contribution in [1.82, 2.24) is 9.13 Å². The molecule has 4 aromatic rings. The maximum atomic E-state index is 14.2. The average Bonchev–Trinajstić information content (AvgIpc) is 3.45. The van der Waals surface area contributed by atoms with Crippen molar-refractivity contribution in [3.63, 3.8) is 0 Å². The number of aromatic nitrogens is 2. The Morgan fingerprint density at radius 1 is 1.07 bits per heavy atom. The highest BCUT2D eigenvalue weighted by Crippen LogP contribution is 2.40. The Labute approximate surface area is 265 Å². The van der Waals surface area contributed by atoms with Gasteiger partial charge in [0, 0.05) is 21.5 Å². The molecule has 0 unspecified atom stereocenters. The van der Waals surface area contributed by atoms with Crippen LogP contribution < -0.4 is 24.4 Å². The predicted octanol–water partition coefficient (Wildman–Crippen LogP) is 4.68. The van der Waals surface area contributed by atoms with E-state index < -0.39 is 18.0 Å². The Morgan fingerprint density at radius 2 is 1.73 bits per heavy atom. The van der Waals surface area contributed by atoms with Crippen LogP contribution >= 0.6 is 27.3 Å². The van der Waals surface area contributed by atoms with Gasteiger partial charge in [-0.3, -0.25) is 9.36 Å². The minimum absolute atomic E-state index is 0.161. The van der Waals surface area contributed by atoms with E-state index in [0.29, 0.717) is 36.6 Å². The van der Waals surface area contributed by atoms with Crippen molar-refractivity contribution in [3.05, 3.63) is 106 Å². The van der Waals surface area contributed by atoms with Crippen LogP contribution in [-0.4, -0.2) is 47.0 Å². The Morgan fingerprint density at radius 3 is 2.34 bits per heavy atom. The van der Waals surface area contributed by atoms with E-state index in [1.807, 2.05) is 30.6 Å². The monoisotopic (exact) mass is 679 g/mol. The second-order valence-electron chi connectivity index (χ2n) is 10.0. The Balaban J connectivity index is 1.70. The third kappa shape index (κ3) is 5.39. The van der Waals surface area contributed by atoms with Crippen LogP contribution in [-0.2, 0) is 9.53 Å². The Kier molecular flexibility index (Phi) is 8.66. The molecule has 0 saturated heterocycles. The first kappa shape index (κ1) is 31.0. The van der Waals surface area contributed by atoms with Crippen molar-refractivity contribution < 1.29 is 28.9 Å². The number of esters is 1. The van der Waals surface area contributed by atoms with E-state index in [4.69, 9.17) is 14.2 Å². The second kappa shape index (κ2) is 12.3. The van der Waals surface area contributed by atoms with Gasteiger partial charge in [0.25, 0.3) is 5.56 Å². The van der Waals surface area contributed by atoms with E-state index in [9.17, 15) is 19.5 Å². The lowest BCUT2D eigenvalue weighted by Gasteiger charge is -2.26. The highest BCUT2D eigenvalue weighted by molar-refractivity contribution is 9.10. The van der Waals surface area contributed by atoms with Gasteiger partial charge in [-0.05, 0) is 87.4 Å². The molecule has 1 atom stereocenters. The first-order chi connectivity index (χ1) is 21.0. The van der Waals surface area contributed by atoms with Gasteiger partial charge in [0.2, 0.25) is 0 Å². The minimum Gasteiger partial charge on any atom is -0.493 e. The summed E-state index contributed by atoms with van der Waals surface area (Å²) in [6.45, 7) is 7.50. The summed E-state index contributed by atoms with van der Waals surface area (Å²) < 4.78 is 21.0. The number of rotatable bonds is 8. The number of aryl methyl sites for hydroxylation is 1. The van der Waals surface area contributed by atoms with Crippen molar-refractivity contribution >= 4 is 45.3 Å². The van der Waals surface area contributed by atoms with Gasteiger partial charge < -0.3 is 23.9 Å².